The van der Waals surface area contributed by atoms with Gasteiger partial charge in [0.2, 0.25) is 5.91 Å². The summed E-state index contributed by atoms with van der Waals surface area (Å²) in [6.07, 6.45) is 0.634. The maximum atomic E-state index is 13.0. The molecule has 0 fully saturated rings. The van der Waals surface area contributed by atoms with E-state index in [1.807, 2.05) is 50.2 Å². The summed E-state index contributed by atoms with van der Waals surface area (Å²) in [5.41, 5.74) is 2.96. The molecule has 1 unspecified atom stereocenters. The highest BCUT2D eigenvalue weighted by Crippen LogP contribution is 2.32. The lowest BCUT2D eigenvalue weighted by molar-refractivity contribution is -0.115. The van der Waals surface area contributed by atoms with Gasteiger partial charge in [-0.15, -0.1) is 11.8 Å². The minimum absolute atomic E-state index is 0.125. The quantitative estimate of drug-likeness (QED) is 0.393. The summed E-state index contributed by atoms with van der Waals surface area (Å²) in [5.74, 6) is 0.882. The standard InChI is InChI=1S/C26H28N2O4S/c1-5-24(26(30)28-22-14-13-20(31-3)16-23(22)32-4)33-21-8-6-7-19(15-21)27-25(29)18-11-9-17(2)10-12-18/h6-16,24H,5H2,1-4H3,(H,27,29)(H,28,30). The van der Waals surface area contributed by atoms with Crippen LogP contribution < -0.4 is 20.1 Å². The monoisotopic (exact) mass is 464 g/mol. The van der Waals surface area contributed by atoms with Crippen LogP contribution in [0.2, 0.25) is 0 Å². The van der Waals surface area contributed by atoms with Crippen molar-refractivity contribution in [2.24, 2.45) is 0 Å². The second kappa shape index (κ2) is 11.4. The van der Waals surface area contributed by atoms with Crippen molar-refractivity contribution in [2.75, 3.05) is 24.9 Å². The molecule has 0 aliphatic heterocycles. The zero-order chi connectivity index (χ0) is 23.8. The van der Waals surface area contributed by atoms with Crippen LogP contribution in [0.25, 0.3) is 0 Å². The molecule has 3 aromatic carbocycles. The van der Waals surface area contributed by atoms with Gasteiger partial charge < -0.3 is 20.1 Å². The molecule has 172 valence electrons. The first-order valence-electron chi connectivity index (χ1n) is 10.6. The Hall–Kier alpha value is -3.45. The summed E-state index contributed by atoms with van der Waals surface area (Å²) in [7, 11) is 3.13. The van der Waals surface area contributed by atoms with E-state index in [4.69, 9.17) is 9.47 Å². The Morgan fingerprint density at radius 1 is 0.939 bits per heavy atom. The van der Waals surface area contributed by atoms with Crippen molar-refractivity contribution in [1.82, 2.24) is 0 Å². The lowest BCUT2D eigenvalue weighted by atomic mass is 10.1. The molecule has 7 heteroatoms. The number of amides is 2. The molecule has 3 rings (SSSR count). The van der Waals surface area contributed by atoms with E-state index in [1.165, 1.54) is 11.8 Å². The average molecular weight is 465 g/mol. The molecule has 0 radical (unpaired) electrons. The highest BCUT2D eigenvalue weighted by Gasteiger charge is 2.20. The number of rotatable bonds is 9. The van der Waals surface area contributed by atoms with Gasteiger partial charge in [-0.2, -0.15) is 0 Å². The fraction of sp³-hybridized carbons (Fsp3) is 0.231. The molecule has 2 N–H and O–H groups in total. The number of benzene rings is 3. The summed E-state index contributed by atoms with van der Waals surface area (Å²) in [6.45, 7) is 3.94. The van der Waals surface area contributed by atoms with E-state index in [-0.39, 0.29) is 17.1 Å². The number of carbonyl (C=O) groups excluding carboxylic acids is 2. The molecule has 0 spiro atoms. The van der Waals surface area contributed by atoms with Gasteiger partial charge >= 0.3 is 0 Å². The van der Waals surface area contributed by atoms with Crippen LogP contribution in [0.4, 0.5) is 11.4 Å². The topological polar surface area (TPSA) is 76.7 Å². The minimum Gasteiger partial charge on any atom is -0.497 e. The van der Waals surface area contributed by atoms with Crippen LogP contribution >= 0.6 is 11.8 Å². The number of aryl methyl sites for hydroxylation is 1. The Morgan fingerprint density at radius 2 is 1.70 bits per heavy atom. The summed E-state index contributed by atoms with van der Waals surface area (Å²) < 4.78 is 10.6. The summed E-state index contributed by atoms with van der Waals surface area (Å²) >= 11 is 1.45. The number of hydrogen-bond donors (Lipinski definition) is 2. The predicted octanol–water partition coefficient (Wildman–Crippen LogP) is 5.77. The molecular formula is C26H28N2O4S. The lowest BCUT2D eigenvalue weighted by Gasteiger charge is -2.17. The van der Waals surface area contributed by atoms with Crippen molar-refractivity contribution in [3.63, 3.8) is 0 Å². The van der Waals surface area contributed by atoms with Crippen LogP contribution in [0, 0.1) is 6.92 Å². The summed E-state index contributed by atoms with van der Waals surface area (Å²) in [5, 5.41) is 5.55. The third-order valence-electron chi connectivity index (χ3n) is 5.01. The Kier molecular flexibility index (Phi) is 8.38. The fourth-order valence-electron chi connectivity index (χ4n) is 3.16. The van der Waals surface area contributed by atoms with E-state index in [0.29, 0.717) is 34.9 Å². The van der Waals surface area contributed by atoms with Gasteiger partial charge in [-0.05, 0) is 55.8 Å². The van der Waals surface area contributed by atoms with E-state index < -0.39 is 0 Å². The zero-order valence-corrected chi connectivity index (χ0v) is 20.0. The first-order chi connectivity index (χ1) is 15.9. The second-order valence-electron chi connectivity index (χ2n) is 7.42. The fourth-order valence-corrected chi connectivity index (χ4v) is 4.17. The molecule has 0 bridgehead atoms. The van der Waals surface area contributed by atoms with Gasteiger partial charge in [0.25, 0.3) is 5.91 Å². The van der Waals surface area contributed by atoms with Gasteiger partial charge in [-0.3, -0.25) is 9.59 Å². The van der Waals surface area contributed by atoms with E-state index in [2.05, 4.69) is 10.6 Å². The maximum Gasteiger partial charge on any atom is 0.255 e. The molecule has 6 nitrogen and oxygen atoms in total. The Morgan fingerprint density at radius 3 is 2.36 bits per heavy atom. The Labute approximate surface area is 198 Å². The normalized spacial score (nSPS) is 11.4. The molecule has 3 aromatic rings. The summed E-state index contributed by atoms with van der Waals surface area (Å²) in [6, 6.07) is 20.2. The second-order valence-corrected chi connectivity index (χ2v) is 8.69. The lowest BCUT2D eigenvalue weighted by Crippen LogP contribution is -2.24. The van der Waals surface area contributed by atoms with Gasteiger partial charge in [-0.25, -0.2) is 0 Å². The predicted molar refractivity (Wildman–Crippen MR) is 134 cm³/mol. The van der Waals surface area contributed by atoms with Crippen LogP contribution in [-0.2, 0) is 4.79 Å². The molecule has 0 aliphatic carbocycles. The van der Waals surface area contributed by atoms with Gasteiger partial charge in [0.1, 0.15) is 11.5 Å². The average Bonchev–Trinajstić information content (AvgIpc) is 2.83. The van der Waals surface area contributed by atoms with Gasteiger partial charge in [-0.1, -0.05) is 30.7 Å². The third kappa shape index (κ3) is 6.52. The van der Waals surface area contributed by atoms with Crippen LogP contribution in [-0.4, -0.2) is 31.3 Å². The van der Waals surface area contributed by atoms with Crippen molar-refractivity contribution in [3.8, 4) is 11.5 Å². The molecule has 0 aliphatic rings. The van der Waals surface area contributed by atoms with Crippen molar-refractivity contribution >= 4 is 35.0 Å². The van der Waals surface area contributed by atoms with E-state index >= 15 is 0 Å². The van der Waals surface area contributed by atoms with E-state index in [1.54, 1.807) is 44.6 Å². The largest absolute Gasteiger partial charge is 0.497 e. The van der Waals surface area contributed by atoms with Gasteiger partial charge in [0.05, 0.1) is 25.2 Å². The Balaban J connectivity index is 1.68. The molecule has 1 atom stereocenters. The molecule has 0 aromatic heterocycles. The number of anilines is 2. The van der Waals surface area contributed by atoms with Crippen molar-refractivity contribution in [1.29, 1.82) is 0 Å². The number of hydrogen-bond acceptors (Lipinski definition) is 5. The first-order valence-corrected chi connectivity index (χ1v) is 11.5. The van der Waals surface area contributed by atoms with Gasteiger partial charge in [0.15, 0.2) is 0 Å². The zero-order valence-electron chi connectivity index (χ0n) is 19.2. The molecule has 0 saturated carbocycles. The van der Waals surface area contributed by atoms with Crippen molar-refractivity contribution < 1.29 is 19.1 Å². The molecule has 0 saturated heterocycles. The van der Waals surface area contributed by atoms with Gasteiger partial charge in [0, 0.05) is 22.2 Å². The van der Waals surface area contributed by atoms with Crippen LogP contribution in [0.15, 0.2) is 71.6 Å². The molecular weight excluding hydrogens is 436 g/mol. The number of nitrogens with one attached hydrogen (secondary N) is 2. The summed E-state index contributed by atoms with van der Waals surface area (Å²) in [4.78, 5) is 26.4. The van der Waals surface area contributed by atoms with Crippen LogP contribution in [0.1, 0.15) is 29.3 Å². The highest BCUT2D eigenvalue weighted by atomic mass is 32.2. The third-order valence-corrected chi connectivity index (χ3v) is 6.37. The number of ether oxygens (including phenoxy) is 2. The molecule has 33 heavy (non-hydrogen) atoms. The smallest absolute Gasteiger partial charge is 0.255 e. The number of thioether (sulfide) groups is 1. The number of methoxy groups -OCH3 is 2. The minimum atomic E-state index is -0.320. The van der Waals surface area contributed by atoms with E-state index in [9.17, 15) is 9.59 Å². The Bertz CT molecular complexity index is 1120. The highest BCUT2D eigenvalue weighted by molar-refractivity contribution is 8.00. The van der Waals surface area contributed by atoms with Crippen molar-refractivity contribution in [3.05, 3.63) is 77.9 Å². The molecule has 0 heterocycles. The maximum absolute atomic E-state index is 13.0. The first kappa shape index (κ1) is 24.2. The number of carbonyl (C=O) groups is 2. The van der Waals surface area contributed by atoms with Crippen LogP contribution in [0.5, 0.6) is 11.5 Å². The van der Waals surface area contributed by atoms with E-state index in [0.717, 1.165) is 10.5 Å². The van der Waals surface area contributed by atoms with Crippen LogP contribution in [0.3, 0.4) is 0 Å². The SMILES string of the molecule is CCC(Sc1cccc(NC(=O)c2ccc(C)cc2)c1)C(=O)Nc1ccc(OC)cc1OC. The molecule has 2 amide bonds. The van der Waals surface area contributed by atoms with Crippen molar-refractivity contribution in [2.45, 2.75) is 30.4 Å².